The highest BCUT2D eigenvalue weighted by molar-refractivity contribution is 5.80. The number of carbonyl (C=O) groups excluding carboxylic acids is 2. The van der Waals surface area contributed by atoms with E-state index in [2.05, 4.69) is 5.32 Å². The molecule has 5 nitrogen and oxygen atoms in total. The molecule has 2 bridgehead atoms. The van der Waals surface area contributed by atoms with Gasteiger partial charge in [0, 0.05) is 6.04 Å². The second-order valence-electron chi connectivity index (χ2n) is 6.69. The monoisotopic (exact) mass is 295 g/mol. The molecule has 0 aromatic heterocycles. The molecule has 0 unspecified atom stereocenters. The Morgan fingerprint density at radius 1 is 1.10 bits per heavy atom. The maximum absolute atomic E-state index is 12.1. The van der Waals surface area contributed by atoms with E-state index in [9.17, 15) is 9.59 Å². The van der Waals surface area contributed by atoms with Crippen molar-refractivity contribution in [2.24, 2.45) is 17.8 Å². The van der Waals surface area contributed by atoms with Crippen molar-refractivity contribution in [3.8, 4) is 0 Å². The van der Waals surface area contributed by atoms with Gasteiger partial charge in [-0.05, 0) is 43.9 Å². The van der Waals surface area contributed by atoms with Gasteiger partial charge in [-0.15, -0.1) is 0 Å². The summed E-state index contributed by atoms with van der Waals surface area (Å²) >= 11 is 0. The number of esters is 1. The Bertz CT molecular complexity index is 405. The van der Waals surface area contributed by atoms with Gasteiger partial charge < -0.3 is 14.8 Å². The first-order valence-corrected chi connectivity index (χ1v) is 8.18. The molecule has 0 aliphatic heterocycles. The van der Waals surface area contributed by atoms with Crippen molar-refractivity contribution in [1.82, 2.24) is 5.32 Å². The van der Waals surface area contributed by atoms with Crippen LogP contribution in [-0.2, 0) is 19.1 Å². The van der Waals surface area contributed by atoms with E-state index in [-0.39, 0.29) is 36.5 Å². The fourth-order valence-corrected chi connectivity index (χ4v) is 4.45. The third kappa shape index (κ3) is 3.07. The quantitative estimate of drug-likeness (QED) is 0.783. The third-order valence-corrected chi connectivity index (χ3v) is 5.47. The zero-order valence-electron chi connectivity index (χ0n) is 12.7. The minimum Gasteiger partial charge on any atom is -0.469 e. The highest BCUT2D eigenvalue weighted by Gasteiger charge is 2.51. The number of nitrogens with one attached hydrogen (secondary N) is 1. The number of hydrogen-bond donors (Lipinski definition) is 1. The number of rotatable bonds is 5. The summed E-state index contributed by atoms with van der Waals surface area (Å²) in [6, 6.07) is -0.0594. The van der Waals surface area contributed by atoms with Gasteiger partial charge in [0.15, 0.2) is 0 Å². The number of amides is 1. The van der Waals surface area contributed by atoms with E-state index in [1.165, 1.54) is 20.0 Å². The maximum Gasteiger partial charge on any atom is 0.311 e. The predicted molar refractivity (Wildman–Crippen MR) is 76.5 cm³/mol. The molecular formula is C16H25NO4. The standard InChI is InChI=1S/C16H25NO4/c1-20-16(19)14-10-6-7-11(8-10)15(14)17-13(18)9-21-12-4-2-3-5-12/h10-12,14-15H,2-9H2,1H3,(H,17,18)/t10-,11-,14-,15+/m0/s1. The van der Waals surface area contributed by atoms with Crippen LogP contribution in [0.2, 0.25) is 0 Å². The second-order valence-corrected chi connectivity index (χ2v) is 6.69. The zero-order chi connectivity index (χ0) is 14.8. The molecule has 3 fully saturated rings. The second kappa shape index (κ2) is 6.34. The molecule has 0 saturated heterocycles. The average Bonchev–Trinajstić information content (AvgIpc) is 3.21. The molecule has 3 saturated carbocycles. The summed E-state index contributed by atoms with van der Waals surface area (Å²) in [5.74, 6) is 0.375. The van der Waals surface area contributed by atoms with Crippen molar-refractivity contribution in [3.63, 3.8) is 0 Å². The van der Waals surface area contributed by atoms with E-state index in [1.807, 2.05) is 0 Å². The highest BCUT2D eigenvalue weighted by atomic mass is 16.5. The Kier molecular flexibility index (Phi) is 4.48. The number of fused-ring (bicyclic) bond motifs is 2. The summed E-state index contributed by atoms with van der Waals surface area (Å²) < 4.78 is 10.6. The van der Waals surface area contributed by atoms with Gasteiger partial charge in [-0.3, -0.25) is 9.59 Å². The molecule has 0 aromatic rings. The molecule has 4 atom stereocenters. The normalized spacial score (nSPS) is 35.1. The molecule has 0 heterocycles. The first-order valence-electron chi connectivity index (χ1n) is 8.18. The summed E-state index contributed by atoms with van der Waals surface area (Å²) in [6.07, 6.45) is 7.98. The molecule has 5 heteroatoms. The number of methoxy groups -OCH3 is 1. The highest BCUT2D eigenvalue weighted by Crippen LogP contribution is 2.48. The molecule has 3 aliphatic carbocycles. The molecule has 3 rings (SSSR count). The summed E-state index contributed by atoms with van der Waals surface area (Å²) in [5, 5.41) is 3.03. The first kappa shape index (κ1) is 14.8. The molecule has 21 heavy (non-hydrogen) atoms. The maximum atomic E-state index is 12.1. The molecule has 1 amide bonds. The minimum absolute atomic E-state index is 0.0594. The van der Waals surface area contributed by atoms with Crippen LogP contribution in [-0.4, -0.2) is 37.7 Å². The van der Waals surface area contributed by atoms with Crippen molar-refractivity contribution < 1.29 is 19.1 Å². The smallest absolute Gasteiger partial charge is 0.311 e. The van der Waals surface area contributed by atoms with Gasteiger partial charge in [0.1, 0.15) is 6.61 Å². The predicted octanol–water partition coefficient (Wildman–Crippen LogP) is 1.65. The van der Waals surface area contributed by atoms with Crippen LogP contribution in [0.4, 0.5) is 0 Å². The SMILES string of the molecule is COC(=O)[C@H]1[C@H]2CC[C@@H](C2)[C@H]1NC(=O)COC1CCCC1. The van der Waals surface area contributed by atoms with Crippen LogP contribution in [0.3, 0.4) is 0 Å². The van der Waals surface area contributed by atoms with E-state index >= 15 is 0 Å². The molecular weight excluding hydrogens is 270 g/mol. The average molecular weight is 295 g/mol. The van der Waals surface area contributed by atoms with Gasteiger partial charge in [0.2, 0.25) is 5.91 Å². The number of ether oxygens (including phenoxy) is 2. The van der Waals surface area contributed by atoms with Crippen LogP contribution in [0.15, 0.2) is 0 Å². The number of carbonyl (C=O) groups is 2. The molecule has 0 aromatic carbocycles. The van der Waals surface area contributed by atoms with Gasteiger partial charge in [-0.25, -0.2) is 0 Å². The summed E-state index contributed by atoms with van der Waals surface area (Å²) in [7, 11) is 1.43. The third-order valence-electron chi connectivity index (χ3n) is 5.47. The first-order chi connectivity index (χ1) is 10.2. The Labute approximate surface area is 125 Å². The lowest BCUT2D eigenvalue weighted by Crippen LogP contribution is -2.48. The van der Waals surface area contributed by atoms with E-state index in [4.69, 9.17) is 9.47 Å². The van der Waals surface area contributed by atoms with Gasteiger partial charge in [-0.1, -0.05) is 12.8 Å². The molecule has 118 valence electrons. The van der Waals surface area contributed by atoms with Crippen LogP contribution in [0.25, 0.3) is 0 Å². The van der Waals surface area contributed by atoms with Crippen LogP contribution in [0.1, 0.15) is 44.9 Å². The fraction of sp³-hybridized carbons (Fsp3) is 0.875. The van der Waals surface area contributed by atoms with Crippen LogP contribution in [0.5, 0.6) is 0 Å². The molecule has 0 spiro atoms. The lowest BCUT2D eigenvalue weighted by Gasteiger charge is -2.29. The zero-order valence-corrected chi connectivity index (χ0v) is 12.7. The minimum atomic E-state index is -0.177. The fourth-order valence-electron chi connectivity index (χ4n) is 4.45. The Morgan fingerprint density at radius 3 is 2.52 bits per heavy atom. The Morgan fingerprint density at radius 2 is 1.81 bits per heavy atom. The largest absolute Gasteiger partial charge is 0.469 e. The van der Waals surface area contributed by atoms with Gasteiger partial charge >= 0.3 is 5.97 Å². The molecule has 1 N–H and O–H groups in total. The van der Waals surface area contributed by atoms with Crippen LogP contribution in [0, 0.1) is 17.8 Å². The summed E-state index contributed by atoms with van der Waals surface area (Å²) in [6.45, 7) is 0.118. The Balaban J connectivity index is 1.52. The summed E-state index contributed by atoms with van der Waals surface area (Å²) in [5.41, 5.74) is 0. The van der Waals surface area contributed by atoms with E-state index < -0.39 is 0 Å². The molecule has 0 radical (unpaired) electrons. The van der Waals surface area contributed by atoms with Gasteiger partial charge in [0.05, 0.1) is 19.1 Å². The Hall–Kier alpha value is -1.10. The van der Waals surface area contributed by atoms with E-state index in [0.29, 0.717) is 11.8 Å². The van der Waals surface area contributed by atoms with Gasteiger partial charge in [0.25, 0.3) is 0 Å². The summed E-state index contributed by atoms with van der Waals surface area (Å²) in [4.78, 5) is 24.1. The van der Waals surface area contributed by atoms with Gasteiger partial charge in [-0.2, -0.15) is 0 Å². The van der Waals surface area contributed by atoms with E-state index in [0.717, 1.165) is 32.1 Å². The lowest BCUT2D eigenvalue weighted by atomic mass is 9.84. The van der Waals surface area contributed by atoms with Crippen molar-refractivity contribution in [1.29, 1.82) is 0 Å². The topological polar surface area (TPSA) is 64.6 Å². The lowest BCUT2D eigenvalue weighted by molar-refractivity contribution is -0.148. The molecule has 3 aliphatic rings. The van der Waals surface area contributed by atoms with Crippen LogP contribution < -0.4 is 5.32 Å². The van der Waals surface area contributed by atoms with Crippen molar-refractivity contribution >= 4 is 11.9 Å². The van der Waals surface area contributed by atoms with E-state index in [1.54, 1.807) is 0 Å². The van der Waals surface area contributed by atoms with Crippen molar-refractivity contribution in [2.75, 3.05) is 13.7 Å². The van der Waals surface area contributed by atoms with Crippen molar-refractivity contribution in [2.45, 2.75) is 57.1 Å². The van der Waals surface area contributed by atoms with Crippen LogP contribution >= 0.6 is 0 Å². The van der Waals surface area contributed by atoms with Crippen molar-refractivity contribution in [3.05, 3.63) is 0 Å². The number of hydrogen-bond acceptors (Lipinski definition) is 4.